The minimum absolute atomic E-state index is 0.401. The third-order valence-electron chi connectivity index (χ3n) is 4.59. The van der Waals surface area contributed by atoms with Crippen LogP contribution in [0.25, 0.3) is 22.0 Å². The molecule has 3 rings (SSSR count). The van der Waals surface area contributed by atoms with E-state index in [4.69, 9.17) is 10.5 Å². The summed E-state index contributed by atoms with van der Waals surface area (Å²) in [6, 6.07) is 14.3. The zero-order valence-corrected chi connectivity index (χ0v) is 16.4. The number of nitrogens with zero attached hydrogens (tertiary/aromatic N) is 2. The van der Waals surface area contributed by atoms with E-state index >= 15 is 0 Å². The predicted octanol–water partition coefficient (Wildman–Crippen LogP) is 4.11. The van der Waals surface area contributed by atoms with Crippen molar-refractivity contribution in [2.45, 2.75) is 13.8 Å². The van der Waals surface area contributed by atoms with E-state index in [1.165, 1.54) is 12.1 Å². The third kappa shape index (κ3) is 4.11. The minimum Gasteiger partial charge on any atom is -0.495 e. The van der Waals surface area contributed by atoms with Gasteiger partial charge in [0.05, 0.1) is 30.0 Å². The number of nitriles is 1. The van der Waals surface area contributed by atoms with Crippen LogP contribution in [0.3, 0.4) is 0 Å². The number of benzene rings is 2. The fraction of sp³-hybridized carbons (Fsp3) is 0.227. The van der Waals surface area contributed by atoms with Gasteiger partial charge < -0.3 is 15.8 Å². The third-order valence-corrected chi connectivity index (χ3v) is 4.59. The lowest BCUT2D eigenvalue weighted by Gasteiger charge is -2.20. The summed E-state index contributed by atoms with van der Waals surface area (Å²) in [7, 11) is 1.58. The first-order valence-corrected chi connectivity index (χ1v) is 8.98. The predicted molar refractivity (Wildman–Crippen MR) is 110 cm³/mol. The lowest BCUT2D eigenvalue weighted by atomic mass is 9.95. The van der Waals surface area contributed by atoms with E-state index in [0.717, 1.165) is 16.5 Å². The largest absolute Gasteiger partial charge is 0.495 e. The molecule has 3 aromatic rings. The molecule has 0 saturated heterocycles. The monoisotopic (exact) mass is 392 g/mol. The van der Waals surface area contributed by atoms with Gasteiger partial charge in [-0.15, -0.1) is 0 Å². The van der Waals surface area contributed by atoms with Crippen molar-refractivity contribution in [2.24, 2.45) is 11.1 Å². The number of anilines is 1. The Bertz CT molecular complexity index is 1140. The molecule has 2 aromatic carbocycles. The number of halogens is 1. The highest BCUT2D eigenvalue weighted by molar-refractivity contribution is 5.99. The van der Waals surface area contributed by atoms with E-state index in [1.54, 1.807) is 7.11 Å². The molecule has 1 heterocycles. The topological polar surface area (TPSA) is 101 Å². The number of carbonyl (C=O) groups is 1. The number of carbonyl (C=O) groups excluding carboxylic acids is 1. The maximum Gasteiger partial charge on any atom is 0.270 e. The zero-order chi connectivity index (χ0) is 21.2. The second-order valence-electron chi connectivity index (χ2n) is 7.32. The smallest absolute Gasteiger partial charge is 0.270 e. The number of ether oxygens (including phenoxy) is 1. The molecular weight excluding hydrogens is 371 g/mol. The lowest BCUT2D eigenvalue weighted by molar-refractivity contribution is 0.0991. The summed E-state index contributed by atoms with van der Waals surface area (Å²) >= 11 is 0. The summed E-state index contributed by atoms with van der Waals surface area (Å²) in [5.74, 6) is -1.05. The summed E-state index contributed by atoms with van der Waals surface area (Å²) in [6.07, 6.45) is 0. The molecule has 0 bridgehead atoms. The molecule has 0 aliphatic heterocycles. The van der Waals surface area contributed by atoms with Crippen molar-refractivity contribution in [2.75, 3.05) is 19.0 Å². The normalized spacial score (nSPS) is 11.1. The van der Waals surface area contributed by atoms with Crippen LogP contribution in [0.1, 0.15) is 24.3 Å². The first-order valence-electron chi connectivity index (χ1n) is 8.98. The molecule has 0 unspecified atom stereocenters. The Balaban J connectivity index is 2.13. The number of nitrogens with one attached hydrogen (secondary N) is 1. The van der Waals surface area contributed by atoms with Crippen molar-refractivity contribution in [3.05, 3.63) is 54.0 Å². The van der Waals surface area contributed by atoms with Crippen molar-refractivity contribution in [1.29, 1.82) is 5.26 Å². The molecule has 0 fully saturated rings. The van der Waals surface area contributed by atoms with Crippen molar-refractivity contribution in [3.8, 4) is 23.1 Å². The van der Waals surface area contributed by atoms with Gasteiger partial charge in [0.1, 0.15) is 5.75 Å². The quantitative estimate of drug-likeness (QED) is 0.657. The van der Waals surface area contributed by atoms with Gasteiger partial charge in [-0.25, -0.2) is 9.37 Å². The number of primary amides is 1. The Hall–Kier alpha value is -3.66. The molecule has 148 valence electrons. The number of pyridine rings is 1. The molecule has 0 radical (unpaired) electrons. The first kappa shape index (κ1) is 20.1. The van der Waals surface area contributed by atoms with Crippen LogP contribution in [0.5, 0.6) is 5.75 Å². The average molecular weight is 392 g/mol. The fourth-order valence-corrected chi connectivity index (χ4v) is 2.94. The fourth-order valence-electron chi connectivity index (χ4n) is 2.94. The number of amides is 1. The molecule has 0 saturated carbocycles. The number of rotatable bonds is 6. The zero-order valence-electron chi connectivity index (χ0n) is 16.4. The molecule has 1 amide bonds. The molecule has 0 atom stereocenters. The molecule has 29 heavy (non-hydrogen) atoms. The molecule has 0 spiro atoms. The number of nitrogens with two attached hydrogens (primary N) is 1. The number of hydrogen-bond donors (Lipinski definition) is 2. The van der Waals surface area contributed by atoms with E-state index < -0.39 is 22.8 Å². The van der Waals surface area contributed by atoms with E-state index in [9.17, 15) is 14.4 Å². The van der Waals surface area contributed by atoms with E-state index in [0.29, 0.717) is 23.6 Å². The summed E-state index contributed by atoms with van der Waals surface area (Å²) in [6.45, 7) is 4.11. The van der Waals surface area contributed by atoms with Gasteiger partial charge in [-0.1, -0.05) is 18.2 Å². The maximum absolute atomic E-state index is 13.8. The summed E-state index contributed by atoms with van der Waals surface area (Å²) in [5, 5.41) is 14.4. The van der Waals surface area contributed by atoms with Crippen LogP contribution in [-0.2, 0) is 0 Å². The van der Waals surface area contributed by atoms with Gasteiger partial charge in [-0.05, 0) is 43.5 Å². The standard InChI is InChI=1S/C22H21FN4O2/c1-22(2,11-24)12-26-19-15-10-14(5-4-13(15)6-9-18(19)29-3)17-8-7-16(23)20(27-17)21(25)28/h4-10,26H,12H2,1-3H3,(H2,25,28). The average Bonchev–Trinajstić information content (AvgIpc) is 2.71. The summed E-state index contributed by atoms with van der Waals surface area (Å²) in [4.78, 5) is 15.5. The van der Waals surface area contributed by atoms with Gasteiger partial charge in [0, 0.05) is 17.5 Å². The molecule has 0 aliphatic rings. The van der Waals surface area contributed by atoms with Crippen LogP contribution < -0.4 is 15.8 Å². The highest BCUT2D eigenvalue weighted by Gasteiger charge is 2.19. The first-order chi connectivity index (χ1) is 13.8. The number of aromatic nitrogens is 1. The van der Waals surface area contributed by atoms with Crippen LogP contribution in [0.2, 0.25) is 0 Å². The van der Waals surface area contributed by atoms with Crippen molar-refractivity contribution < 1.29 is 13.9 Å². The van der Waals surface area contributed by atoms with Crippen LogP contribution >= 0.6 is 0 Å². The van der Waals surface area contributed by atoms with Crippen LogP contribution in [-0.4, -0.2) is 24.5 Å². The van der Waals surface area contributed by atoms with Gasteiger partial charge in [0.15, 0.2) is 11.5 Å². The van der Waals surface area contributed by atoms with Gasteiger partial charge in [0.25, 0.3) is 5.91 Å². The van der Waals surface area contributed by atoms with Crippen LogP contribution in [0.4, 0.5) is 10.1 Å². The van der Waals surface area contributed by atoms with E-state index in [-0.39, 0.29) is 0 Å². The van der Waals surface area contributed by atoms with Crippen LogP contribution in [0.15, 0.2) is 42.5 Å². The highest BCUT2D eigenvalue weighted by atomic mass is 19.1. The number of hydrogen-bond acceptors (Lipinski definition) is 5. The Morgan fingerprint density at radius 3 is 2.66 bits per heavy atom. The highest BCUT2D eigenvalue weighted by Crippen LogP contribution is 2.36. The molecule has 6 nitrogen and oxygen atoms in total. The molecule has 3 N–H and O–H groups in total. The summed E-state index contributed by atoms with van der Waals surface area (Å²) in [5.41, 5.74) is 6.10. The van der Waals surface area contributed by atoms with Crippen molar-refractivity contribution in [3.63, 3.8) is 0 Å². The van der Waals surface area contributed by atoms with Crippen LogP contribution in [0, 0.1) is 22.6 Å². The Morgan fingerprint density at radius 1 is 1.28 bits per heavy atom. The number of fused-ring (bicyclic) bond motifs is 1. The number of methoxy groups -OCH3 is 1. The van der Waals surface area contributed by atoms with Crippen molar-refractivity contribution >= 4 is 22.4 Å². The second kappa shape index (κ2) is 7.76. The second-order valence-corrected chi connectivity index (χ2v) is 7.32. The SMILES string of the molecule is COc1ccc2ccc(-c3ccc(F)c(C(N)=O)n3)cc2c1NCC(C)(C)C#N. The Labute approximate surface area is 168 Å². The molecule has 7 heteroatoms. The Kier molecular flexibility index (Phi) is 5.37. The van der Waals surface area contributed by atoms with Gasteiger partial charge in [0.2, 0.25) is 0 Å². The van der Waals surface area contributed by atoms with E-state index in [2.05, 4.69) is 16.4 Å². The molecule has 0 aliphatic carbocycles. The summed E-state index contributed by atoms with van der Waals surface area (Å²) < 4.78 is 19.3. The lowest BCUT2D eigenvalue weighted by Crippen LogP contribution is -2.21. The van der Waals surface area contributed by atoms with E-state index in [1.807, 2.05) is 44.2 Å². The van der Waals surface area contributed by atoms with Gasteiger partial charge >= 0.3 is 0 Å². The minimum atomic E-state index is -0.923. The van der Waals surface area contributed by atoms with Gasteiger partial charge in [-0.3, -0.25) is 4.79 Å². The Morgan fingerprint density at radius 2 is 2.00 bits per heavy atom. The van der Waals surface area contributed by atoms with Crippen molar-refractivity contribution in [1.82, 2.24) is 4.98 Å². The molecular formula is C22H21FN4O2. The molecule has 1 aromatic heterocycles. The van der Waals surface area contributed by atoms with Gasteiger partial charge in [-0.2, -0.15) is 5.26 Å². The maximum atomic E-state index is 13.8.